The molecule has 9 heteroatoms. The fourth-order valence-electron chi connectivity index (χ4n) is 1.72. The molecule has 0 aromatic carbocycles. The lowest BCUT2D eigenvalue weighted by Gasteiger charge is -2.03. The number of nitrogens with two attached hydrogens (primary N) is 1. The first kappa shape index (κ1) is 14.3. The number of aromatic nitrogens is 4. The van der Waals surface area contributed by atoms with Crippen molar-refractivity contribution in [1.29, 1.82) is 0 Å². The van der Waals surface area contributed by atoms with Crippen LogP contribution in [0.3, 0.4) is 0 Å². The molecule has 0 aliphatic carbocycles. The molecule has 2 amide bonds. The molecule has 0 unspecified atom stereocenters. The van der Waals surface area contributed by atoms with Crippen molar-refractivity contribution in [2.24, 2.45) is 12.8 Å². The maximum Gasteiger partial charge on any atom is 0.277 e. The minimum atomic E-state index is -0.668. The van der Waals surface area contributed by atoms with Gasteiger partial charge in [0.25, 0.3) is 11.8 Å². The summed E-state index contributed by atoms with van der Waals surface area (Å²) in [7, 11) is 1.57. The Morgan fingerprint density at radius 3 is 2.75 bits per heavy atom. The molecule has 2 aromatic rings. The lowest BCUT2D eigenvalue weighted by atomic mass is 10.3. The van der Waals surface area contributed by atoms with Crippen LogP contribution in [-0.4, -0.2) is 31.4 Å². The van der Waals surface area contributed by atoms with Gasteiger partial charge in [0.05, 0.1) is 16.4 Å². The van der Waals surface area contributed by atoms with Crippen LogP contribution in [0.15, 0.2) is 16.9 Å². The zero-order valence-electron chi connectivity index (χ0n) is 10.9. The Kier molecular flexibility index (Phi) is 3.89. The summed E-state index contributed by atoms with van der Waals surface area (Å²) in [5, 5.41) is 10.6. The van der Waals surface area contributed by atoms with E-state index >= 15 is 0 Å². The van der Waals surface area contributed by atoms with Crippen LogP contribution in [0.5, 0.6) is 0 Å². The number of rotatable bonds is 4. The SMILES string of the molecule is CCn1cc(Br)c(C(=O)Nc2cnn(C)c2C(N)=O)n1. The fraction of sp³-hybridized carbons (Fsp3) is 0.273. The second-order valence-electron chi connectivity index (χ2n) is 4.03. The van der Waals surface area contributed by atoms with Crippen LogP contribution < -0.4 is 11.1 Å². The molecule has 0 saturated carbocycles. The zero-order valence-corrected chi connectivity index (χ0v) is 12.5. The van der Waals surface area contributed by atoms with Gasteiger partial charge in [-0.05, 0) is 22.9 Å². The number of carbonyl (C=O) groups excluding carboxylic acids is 2. The van der Waals surface area contributed by atoms with Gasteiger partial charge >= 0.3 is 0 Å². The Labute approximate surface area is 123 Å². The fourth-order valence-corrected chi connectivity index (χ4v) is 2.21. The van der Waals surface area contributed by atoms with Crippen molar-refractivity contribution in [3.8, 4) is 0 Å². The molecule has 0 aliphatic heterocycles. The lowest BCUT2D eigenvalue weighted by Crippen LogP contribution is -2.20. The van der Waals surface area contributed by atoms with Crippen molar-refractivity contribution in [3.05, 3.63) is 28.3 Å². The van der Waals surface area contributed by atoms with Gasteiger partial charge in [-0.3, -0.25) is 19.0 Å². The number of amides is 2. The molecule has 0 spiro atoms. The first-order valence-corrected chi connectivity index (χ1v) is 6.59. The van der Waals surface area contributed by atoms with E-state index in [2.05, 4.69) is 31.4 Å². The number of anilines is 1. The molecular weight excluding hydrogens is 328 g/mol. The normalized spacial score (nSPS) is 10.6. The van der Waals surface area contributed by atoms with Crippen LogP contribution in [0.4, 0.5) is 5.69 Å². The van der Waals surface area contributed by atoms with Gasteiger partial charge in [-0.2, -0.15) is 10.2 Å². The minimum absolute atomic E-state index is 0.129. The minimum Gasteiger partial charge on any atom is -0.364 e. The summed E-state index contributed by atoms with van der Waals surface area (Å²) in [5.74, 6) is -1.11. The lowest BCUT2D eigenvalue weighted by molar-refractivity contribution is 0.0992. The second kappa shape index (κ2) is 5.45. The van der Waals surface area contributed by atoms with Gasteiger partial charge in [0.2, 0.25) is 0 Å². The Morgan fingerprint density at radius 2 is 2.20 bits per heavy atom. The molecule has 2 rings (SSSR count). The Balaban J connectivity index is 2.28. The van der Waals surface area contributed by atoms with Crippen LogP contribution >= 0.6 is 15.9 Å². The Hall–Kier alpha value is -2.16. The zero-order chi connectivity index (χ0) is 14.9. The van der Waals surface area contributed by atoms with Crippen molar-refractivity contribution in [1.82, 2.24) is 19.6 Å². The van der Waals surface area contributed by atoms with E-state index in [1.165, 1.54) is 10.9 Å². The molecule has 0 saturated heterocycles. The van der Waals surface area contributed by atoms with Gasteiger partial charge in [-0.15, -0.1) is 0 Å². The molecular formula is C11H13BrN6O2. The molecule has 0 aliphatic rings. The van der Waals surface area contributed by atoms with Crippen LogP contribution in [0.1, 0.15) is 27.9 Å². The number of aryl methyl sites for hydroxylation is 2. The van der Waals surface area contributed by atoms with E-state index in [1.807, 2.05) is 6.92 Å². The highest BCUT2D eigenvalue weighted by molar-refractivity contribution is 9.10. The van der Waals surface area contributed by atoms with Gasteiger partial charge < -0.3 is 11.1 Å². The van der Waals surface area contributed by atoms with Gasteiger partial charge in [-0.25, -0.2) is 0 Å². The standard InChI is InChI=1S/C11H13BrN6O2/c1-3-18-5-6(12)8(16-18)11(20)15-7-4-14-17(2)9(7)10(13)19/h4-5H,3H2,1-2H3,(H2,13,19)(H,15,20). The molecule has 0 fully saturated rings. The average Bonchev–Trinajstić information content (AvgIpc) is 2.92. The molecule has 20 heavy (non-hydrogen) atoms. The van der Waals surface area contributed by atoms with E-state index in [-0.39, 0.29) is 17.1 Å². The number of nitrogens with one attached hydrogen (secondary N) is 1. The summed E-state index contributed by atoms with van der Waals surface area (Å²) in [6.45, 7) is 2.55. The summed E-state index contributed by atoms with van der Waals surface area (Å²) in [6, 6.07) is 0. The van der Waals surface area contributed by atoms with Gasteiger partial charge in [-0.1, -0.05) is 0 Å². The molecule has 3 N–H and O–H groups in total. The van der Waals surface area contributed by atoms with Crippen LogP contribution in [0.25, 0.3) is 0 Å². The van der Waals surface area contributed by atoms with Gasteiger partial charge in [0, 0.05) is 19.8 Å². The topological polar surface area (TPSA) is 108 Å². The van der Waals surface area contributed by atoms with Crippen molar-refractivity contribution < 1.29 is 9.59 Å². The number of carbonyl (C=O) groups is 2. The summed E-state index contributed by atoms with van der Waals surface area (Å²) >= 11 is 3.27. The monoisotopic (exact) mass is 340 g/mol. The summed E-state index contributed by atoms with van der Waals surface area (Å²) in [5.41, 5.74) is 5.86. The highest BCUT2D eigenvalue weighted by Crippen LogP contribution is 2.19. The molecule has 106 valence electrons. The number of halogens is 1. The molecule has 8 nitrogen and oxygen atoms in total. The van der Waals surface area contributed by atoms with Crippen molar-refractivity contribution in [2.75, 3.05) is 5.32 Å². The number of primary amides is 1. The first-order valence-electron chi connectivity index (χ1n) is 5.80. The number of nitrogens with zero attached hydrogens (tertiary/aromatic N) is 4. The Morgan fingerprint density at radius 1 is 1.50 bits per heavy atom. The predicted molar refractivity (Wildman–Crippen MR) is 75.3 cm³/mol. The van der Waals surface area contributed by atoms with E-state index in [0.29, 0.717) is 11.0 Å². The largest absolute Gasteiger partial charge is 0.364 e. The first-order chi connectivity index (χ1) is 9.43. The van der Waals surface area contributed by atoms with Crippen LogP contribution in [0, 0.1) is 0 Å². The van der Waals surface area contributed by atoms with Crippen molar-refractivity contribution >= 4 is 33.4 Å². The van der Waals surface area contributed by atoms with E-state index in [1.54, 1.807) is 17.9 Å². The third-order valence-electron chi connectivity index (χ3n) is 2.68. The summed E-state index contributed by atoms with van der Waals surface area (Å²) < 4.78 is 3.50. The number of hydrogen-bond acceptors (Lipinski definition) is 4. The van der Waals surface area contributed by atoms with Crippen LogP contribution in [0.2, 0.25) is 0 Å². The maximum atomic E-state index is 12.1. The second-order valence-corrected chi connectivity index (χ2v) is 4.88. The van der Waals surface area contributed by atoms with Gasteiger partial charge in [0.15, 0.2) is 5.69 Å². The Bertz CT molecular complexity index is 675. The van der Waals surface area contributed by atoms with E-state index in [0.717, 1.165) is 0 Å². The van der Waals surface area contributed by atoms with Crippen molar-refractivity contribution in [2.45, 2.75) is 13.5 Å². The van der Waals surface area contributed by atoms with Crippen LogP contribution in [-0.2, 0) is 13.6 Å². The molecule has 2 heterocycles. The average molecular weight is 341 g/mol. The molecule has 0 bridgehead atoms. The summed E-state index contributed by atoms with van der Waals surface area (Å²) in [6.07, 6.45) is 3.07. The summed E-state index contributed by atoms with van der Waals surface area (Å²) in [4.78, 5) is 23.5. The molecule has 0 radical (unpaired) electrons. The molecule has 2 aromatic heterocycles. The maximum absolute atomic E-state index is 12.1. The smallest absolute Gasteiger partial charge is 0.277 e. The van der Waals surface area contributed by atoms with E-state index in [9.17, 15) is 9.59 Å². The highest BCUT2D eigenvalue weighted by Gasteiger charge is 2.20. The predicted octanol–water partition coefficient (Wildman–Crippen LogP) is 0.750. The van der Waals surface area contributed by atoms with Gasteiger partial charge in [0.1, 0.15) is 5.69 Å². The highest BCUT2D eigenvalue weighted by atomic mass is 79.9. The number of hydrogen-bond donors (Lipinski definition) is 2. The third kappa shape index (κ3) is 2.57. The van der Waals surface area contributed by atoms with E-state index < -0.39 is 11.8 Å². The quantitative estimate of drug-likeness (QED) is 0.855. The molecule has 0 atom stereocenters. The third-order valence-corrected chi connectivity index (χ3v) is 3.26. The van der Waals surface area contributed by atoms with Crippen molar-refractivity contribution in [3.63, 3.8) is 0 Å². The van der Waals surface area contributed by atoms with E-state index in [4.69, 9.17) is 5.73 Å².